The third kappa shape index (κ3) is 5.57. The molecule has 3 aromatic rings. The van der Waals surface area contributed by atoms with E-state index in [0.717, 1.165) is 23.8 Å². The summed E-state index contributed by atoms with van der Waals surface area (Å²) in [5.41, 5.74) is 3.52. The Bertz CT molecular complexity index is 798. The zero-order valence-electron chi connectivity index (χ0n) is 14.9. The molecule has 0 aliphatic heterocycles. The Morgan fingerprint density at radius 2 is 2.04 bits per heavy atom. The lowest BCUT2D eigenvalue weighted by Gasteiger charge is -2.15. The van der Waals surface area contributed by atoms with Gasteiger partial charge in [0.05, 0.1) is 11.9 Å². The molecule has 2 heterocycles. The van der Waals surface area contributed by atoms with Gasteiger partial charge in [-0.05, 0) is 40.4 Å². The summed E-state index contributed by atoms with van der Waals surface area (Å²) in [6.45, 7) is 3.74. The van der Waals surface area contributed by atoms with Crippen molar-refractivity contribution in [3.8, 4) is 5.69 Å². The molecular weight excluding hydrogens is 457 g/mol. The van der Waals surface area contributed by atoms with E-state index in [4.69, 9.17) is 0 Å². The van der Waals surface area contributed by atoms with Gasteiger partial charge in [0.25, 0.3) is 0 Å². The molecule has 0 fully saturated rings. The number of nitrogens with one attached hydrogen (secondary N) is 2. The fourth-order valence-corrected chi connectivity index (χ4v) is 3.29. The molecule has 1 atom stereocenters. The standard InChI is InChI=1S/C19H23N5S.HI/c1-15(17-8-9-25-14-17)10-21-19(20-2)22-11-16-12-23-24(13-16)18-6-4-3-5-7-18;/h3-9,12-15H,10-11H2,1-2H3,(H2,20,21,22);1H. The van der Waals surface area contributed by atoms with E-state index in [1.54, 1.807) is 18.4 Å². The summed E-state index contributed by atoms with van der Waals surface area (Å²) in [5.74, 6) is 1.25. The van der Waals surface area contributed by atoms with E-state index >= 15 is 0 Å². The molecule has 0 bridgehead atoms. The van der Waals surface area contributed by atoms with E-state index in [1.807, 2.05) is 47.4 Å². The SMILES string of the molecule is CN=C(NCc1cnn(-c2ccccc2)c1)NCC(C)c1ccsc1.I. The largest absolute Gasteiger partial charge is 0.356 e. The lowest BCUT2D eigenvalue weighted by atomic mass is 10.1. The Kier molecular flexibility index (Phi) is 8.11. The van der Waals surface area contributed by atoms with E-state index in [2.05, 4.69) is 44.5 Å². The number of hydrogen-bond donors (Lipinski definition) is 2. The molecule has 0 amide bonds. The molecule has 0 aliphatic carbocycles. The van der Waals surface area contributed by atoms with Crippen molar-refractivity contribution in [3.05, 3.63) is 70.7 Å². The van der Waals surface area contributed by atoms with Crippen molar-refractivity contribution >= 4 is 41.3 Å². The summed E-state index contributed by atoms with van der Waals surface area (Å²) in [6.07, 6.45) is 3.91. The molecule has 1 aromatic carbocycles. The number of rotatable bonds is 6. The normalized spacial score (nSPS) is 12.3. The van der Waals surface area contributed by atoms with Gasteiger partial charge in [0, 0.05) is 31.9 Å². The number of hydrogen-bond acceptors (Lipinski definition) is 3. The molecule has 0 saturated heterocycles. The molecule has 138 valence electrons. The molecule has 2 N–H and O–H groups in total. The highest BCUT2D eigenvalue weighted by Gasteiger charge is 2.07. The van der Waals surface area contributed by atoms with Crippen LogP contribution in [0.25, 0.3) is 5.69 Å². The fraction of sp³-hybridized carbons (Fsp3) is 0.263. The van der Waals surface area contributed by atoms with Crippen LogP contribution >= 0.6 is 35.3 Å². The van der Waals surface area contributed by atoms with E-state index < -0.39 is 0 Å². The van der Waals surface area contributed by atoms with Crippen LogP contribution in [0.15, 0.2) is 64.5 Å². The Morgan fingerprint density at radius 3 is 2.73 bits per heavy atom. The van der Waals surface area contributed by atoms with Crippen LogP contribution < -0.4 is 10.6 Å². The van der Waals surface area contributed by atoms with Gasteiger partial charge >= 0.3 is 0 Å². The van der Waals surface area contributed by atoms with Crippen LogP contribution in [0, 0.1) is 0 Å². The minimum Gasteiger partial charge on any atom is -0.356 e. The monoisotopic (exact) mass is 481 g/mol. The topological polar surface area (TPSA) is 54.2 Å². The molecule has 5 nitrogen and oxygen atoms in total. The molecule has 3 rings (SSSR count). The van der Waals surface area contributed by atoms with Gasteiger partial charge in [-0.2, -0.15) is 16.4 Å². The number of thiophene rings is 1. The number of para-hydroxylation sites is 1. The highest BCUT2D eigenvalue weighted by atomic mass is 127. The van der Waals surface area contributed by atoms with Crippen LogP contribution in [-0.2, 0) is 6.54 Å². The van der Waals surface area contributed by atoms with Gasteiger partial charge in [0.1, 0.15) is 0 Å². The van der Waals surface area contributed by atoms with Crippen molar-refractivity contribution < 1.29 is 0 Å². The molecule has 26 heavy (non-hydrogen) atoms. The number of nitrogens with zero attached hydrogens (tertiary/aromatic N) is 3. The summed E-state index contributed by atoms with van der Waals surface area (Å²) in [5, 5.41) is 15.4. The first-order chi connectivity index (χ1) is 12.3. The van der Waals surface area contributed by atoms with Crippen molar-refractivity contribution in [1.82, 2.24) is 20.4 Å². The zero-order chi connectivity index (χ0) is 17.5. The van der Waals surface area contributed by atoms with Crippen LogP contribution in [0.1, 0.15) is 24.0 Å². The molecule has 0 aliphatic rings. The Hall–Kier alpha value is -1.87. The van der Waals surface area contributed by atoms with Gasteiger partial charge in [0.15, 0.2) is 5.96 Å². The van der Waals surface area contributed by atoms with Crippen molar-refractivity contribution in [2.24, 2.45) is 4.99 Å². The molecule has 2 aromatic heterocycles. The van der Waals surface area contributed by atoms with Gasteiger partial charge < -0.3 is 10.6 Å². The van der Waals surface area contributed by atoms with Crippen LogP contribution in [-0.4, -0.2) is 29.3 Å². The summed E-state index contributed by atoms with van der Waals surface area (Å²) >= 11 is 1.73. The maximum absolute atomic E-state index is 4.42. The molecule has 0 radical (unpaired) electrons. The van der Waals surface area contributed by atoms with Crippen LogP contribution in [0.2, 0.25) is 0 Å². The first kappa shape index (κ1) is 20.4. The van der Waals surface area contributed by atoms with Crippen molar-refractivity contribution in [2.45, 2.75) is 19.4 Å². The molecular formula is C19H24IN5S. The Balaban J connectivity index is 0.00000243. The predicted octanol–water partition coefficient (Wildman–Crippen LogP) is 4.02. The second kappa shape index (κ2) is 10.3. The van der Waals surface area contributed by atoms with Gasteiger partial charge in [-0.3, -0.25) is 4.99 Å². The van der Waals surface area contributed by atoms with Crippen LogP contribution in [0.3, 0.4) is 0 Å². The third-order valence-corrected chi connectivity index (χ3v) is 4.73. The van der Waals surface area contributed by atoms with Crippen LogP contribution in [0.4, 0.5) is 0 Å². The van der Waals surface area contributed by atoms with E-state index in [-0.39, 0.29) is 24.0 Å². The summed E-state index contributed by atoms with van der Waals surface area (Å²) in [6, 6.07) is 12.3. The maximum atomic E-state index is 4.42. The number of halogens is 1. The van der Waals surface area contributed by atoms with Gasteiger partial charge in [-0.1, -0.05) is 25.1 Å². The van der Waals surface area contributed by atoms with Gasteiger partial charge in [-0.15, -0.1) is 24.0 Å². The first-order valence-electron chi connectivity index (χ1n) is 8.32. The lowest BCUT2D eigenvalue weighted by molar-refractivity contribution is 0.701. The minimum atomic E-state index is 0. The second-order valence-corrected chi connectivity index (χ2v) is 6.67. The summed E-state index contributed by atoms with van der Waals surface area (Å²) in [7, 11) is 1.79. The van der Waals surface area contributed by atoms with Gasteiger partial charge in [0.2, 0.25) is 0 Å². The minimum absolute atomic E-state index is 0. The molecule has 7 heteroatoms. The smallest absolute Gasteiger partial charge is 0.191 e. The Labute approximate surface area is 175 Å². The first-order valence-corrected chi connectivity index (χ1v) is 9.26. The number of aromatic nitrogens is 2. The molecule has 0 spiro atoms. The zero-order valence-corrected chi connectivity index (χ0v) is 18.1. The van der Waals surface area contributed by atoms with E-state index in [0.29, 0.717) is 12.5 Å². The highest BCUT2D eigenvalue weighted by Crippen LogP contribution is 2.17. The van der Waals surface area contributed by atoms with Crippen molar-refractivity contribution in [3.63, 3.8) is 0 Å². The molecule has 1 unspecified atom stereocenters. The number of guanidine groups is 1. The average Bonchev–Trinajstić information content (AvgIpc) is 3.34. The second-order valence-electron chi connectivity index (χ2n) is 5.89. The van der Waals surface area contributed by atoms with E-state index in [9.17, 15) is 0 Å². The Morgan fingerprint density at radius 1 is 1.23 bits per heavy atom. The van der Waals surface area contributed by atoms with Gasteiger partial charge in [-0.25, -0.2) is 4.68 Å². The fourth-order valence-electron chi connectivity index (χ4n) is 2.50. The van der Waals surface area contributed by atoms with Crippen molar-refractivity contribution in [1.29, 1.82) is 0 Å². The average molecular weight is 481 g/mol. The highest BCUT2D eigenvalue weighted by molar-refractivity contribution is 14.0. The predicted molar refractivity (Wildman–Crippen MR) is 120 cm³/mol. The summed E-state index contributed by atoms with van der Waals surface area (Å²) < 4.78 is 1.88. The number of benzene rings is 1. The van der Waals surface area contributed by atoms with E-state index in [1.165, 1.54) is 5.56 Å². The molecule has 0 saturated carbocycles. The quantitative estimate of drug-likeness (QED) is 0.318. The maximum Gasteiger partial charge on any atom is 0.191 e. The van der Waals surface area contributed by atoms with Crippen LogP contribution in [0.5, 0.6) is 0 Å². The van der Waals surface area contributed by atoms with Crippen molar-refractivity contribution in [2.75, 3.05) is 13.6 Å². The summed E-state index contributed by atoms with van der Waals surface area (Å²) in [4.78, 5) is 4.29. The lowest BCUT2D eigenvalue weighted by Crippen LogP contribution is -2.38. The third-order valence-electron chi connectivity index (χ3n) is 4.03. The number of aliphatic imine (C=N–C) groups is 1.